The van der Waals surface area contributed by atoms with Gasteiger partial charge in [0.25, 0.3) is 5.91 Å². The Morgan fingerprint density at radius 3 is 2.63 bits per heavy atom. The average molecular weight is 405 g/mol. The molecule has 7 heteroatoms. The zero-order valence-corrected chi connectivity index (χ0v) is 16.4. The van der Waals surface area contributed by atoms with Crippen molar-refractivity contribution in [1.82, 2.24) is 10.3 Å². The highest BCUT2D eigenvalue weighted by atomic mass is 19.1. The molecule has 0 atom stereocenters. The number of amides is 2. The molecule has 2 aromatic carbocycles. The maximum absolute atomic E-state index is 12.9. The minimum Gasteiger partial charge on any atom is -0.439 e. The van der Waals surface area contributed by atoms with Crippen LogP contribution in [0, 0.1) is 5.82 Å². The zero-order chi connectivity index (χ0) is 21.1. The third-order valence-electron chi connectivity index (χ3n) is 4.90. The molecule has 152 valence electrons. The van der Waals surface area contributed by atoms with Crippen molar-refractivity contribution in [2.75, 3.05) is 11.4 Å². The molecular weight excluding hydrogens is 385 g/mol. The standard InChI is InChI=1S/C23H20FN3O3/c1-15(28)27-11-10-17-12-18(3-8-21(17)27)23(29)26-14-16-2-9-22(25-13-16)30-20-6-4-19(24)5-7-20/h2-9,12-13H,10-11,14H2,1H3,(H,26,29). The van der Waals surface area contributed by atoms with E-state index < -0.39 is 0 Å². The van der Waals surface area contributed by atoms with Crippen molar-refractivity contribution in [2.45, 2.75) is 19.9 Å². The average Bonchev–Trinajstić information content (AvgIpc) is 3.18. The van der Waals surface area contributed by atoms with Gasteiger partial charge in [0.2, 0.25) is 11.8 Å². The lowest BCUT2D eigenvalue weighted by molar-refractivity contribution is -0.116. The molecular formula is C23H20FN3O3. The minimum atomic E-state index is -0.332. The summed E-state index contributed by atoms with van der Waals surface area (Å²) in [5.74, 6) is 0.354. The highest BCUT2D eigenvalue weighted by Gasteiger charge is 2.23. The van der Waals surface area contributed by atoms with Gasteiger partial charge in [0.1, 0.15) is 11.6 Å². The first-order valence-corrected chi connectivity index (χ1v) is 9.57. The lowest BCUT2D eigenvalue weighted by atomic mass is 10.1. The van der Waals surface area contributed by atoms with Crippen molar-refractivity contribution >= 4 is 17.5 Å². The number of anilines is 1. The first-order chi connectivity index (χ1) is 14.5. The van der Waals surface area contributed by atoms with Gasteiger partial charge in [-0.25, -0.2) is 9.37 Å². The highest BCUT2D eigenvalue weighted by Crippen LogP contribution is 2.29. The van der Waals surface area contributed by atoms with Crippen LogP contribution in [0.25, 0.3) is 0 Å². The largest absolute Gasteiger partial charge is 0.439 e. The van der Waals surface area contributed by atoms with E-state index in [4.69, 9.17) is 4.74 Å². The molecule has 1 N–H and O–H groups in total. The Labute approximate surface area is 173 Å². The number of halogens is 1. The second-order valence-electron chi connectivity index (χ2n) is 7.01. The van der Waals surface area contributed by atoms with Gasteiger partial charge in [0.05, 0.1) is 0 Å². The lowest BCUT2D eigenvalue weighted by Gasteiger charge is -2.14. The van der Waals surface area contributed by atoms with Crippen LogP contribution >= 0.6 is 0 Å². The van der Waals surface area contributed by atoms with Crippen LogP contribution in [0.4, 0.5) is 10.1 Å². The molecule has 0 fully saturated rings. The Hall–Kier alpha value is -3.74. The summed E-state index contributed by atoms with van der Waals surface area (Å²) >= 11 is 0. The summed E-state index contributed by atoms with van der Waals surface area (Å²) in [6.07, 6.45) is 2.36. The van der Waals surface area contributed by atoms with E-state index in [1.54, 1.807) is 36.2 Å². The summed E-state index contributed by atoms with van der Waals surface area (Å²) < 4.78 is 18.5. The minimum absolute atomic E-state index is 0.00491. The molecule has 4 rings (SSSR count). The SMILES string of the molecule is CC(=O)N1CCc2cc(C(=O)NCc3ccc(Oc4ccc(F)cc4)nc3)ccc21. The van der Waals surface area contributed by atoms with Crippen LogP contribution in [-0.2, 0) is 17.8 Å². The molecule has 2 amide bonds. The third kappa shape index (κ3) is 4.30. The summed E-state index contributed by atoms with van der Waals surface area (Å²) in [4.78, 5) is 30.1. The van der Waals surface area contributed by atoms with E-state index in [-0.39, 0.29) is 17.6 Å². The fourth-order valence-corrected chi connectivity index (χ4v) is 3.35. The summed E-state index contributed by atoms with van der Waals surface area (Å²) in [5.41, 5.74) is 3.25. The Kier molecular flexibility index (Phi) is 5.43. The quantitative estimate of drug-likeness (QED) is 0.700. The number of nitrogens with zero attached hydrogens (tertiary/aromatic N) is 2. The molecule has 1 aromatic heterocycles. The van der Waals surface area contributed by atoms with Gasteiger partial charge in [0.15, 0.2) is 0 Å². The van der Waals surface area contributed by atoms with Crippen LogP contribution in [0.3, 0.4) is 0 Å². The monoisotopic (exact) mass is 405 g/mol. The number of carbonyl (C=O) groups excluding carboxylic acids is 2. The van der Waals surface area contributed by atoms with Gasteiger partial charge in [-0.15, -0.1) is 0 Å². The Morgan fingerprint density at radius 1 is 1.13 bits per heavy atom. The van der Waals surface area contributed by atoms with Crippen LogP contribution in [0.15, 0.2) is 60.8 Å². The summed E-state index contributed by atoms with van der Waals surface area (Å²) in [5, 5.41) is 2.87. The molecule has 0 spiro atoms. The number of ether oxygens (including phenoxy) is 1. The van der Waals surface area contributed by atoms with Gasteiger partial charge < -0.3 is 15.0 Å². The first-order valence-electron chi connectivity index (χ1n) is 9.57. The van der Waals surface area contributed by atoms with Crippen molar-refractivity contribution in [3.05, 3.63) is 83.3 Å². The molecule has 0 aliphatic carbocycles. The predicted molar refractivity (Wildman–Crippen MR) is 110 cm³/mol. The molecule has 3 aromatic rings. The molecule has 1 aliphatic rings. The lowest BCUT2D eigenvalue weighted by Crippen LogP contribution is -2.26. The number of benzene rings is 2. The molecule has 6 nitrogen and oxygen atoms in total. The Bertz CT molecular complexity index is 1080. The van der Waals surface area contributed by atoms with Gasteiger partial charge >= 0.3 is 0 Å². The number of hydrogen-bond donors (Lipinski definition) is 1. The van der Waals surface area contributed by atoms with E-state index in [1.807, 2.05) is 12.1 Å². The number of carbonyl (C=O) groups is 2. The molecule has 0 bridgehead atoms. The van der Waals surface area contributed by atoms with Crippen LogP contribution < -0.4 is 15.0 Å². The van der Waals surface area contributed by atoms with E-state index in [0.717, 1.165) is 23.2 Å². The van der Waals surface area contributed by atoms with Gasteiger partial charge in [-0.05, 0) is 60.0 Å². The summed E-state index contributed by atoms with van der Waals surface area (Å²) in [6.45, 7) is 2.51. The molecule has 0 unspecified atom stereocenters. The number of hydrogen-bond acceptors (Lipinski definition) is 4. The van der Waals surface area contributed by atoms with E-state index in [1.165, 1.54) is 24.3 Å². The van der Waals surface area contributed by atoms with Crippen molar-refractivity contribution in [3.8, 4) is 11.6 Å². The second kappa shape index (κ2) is 8.32. The molecule has 0 radical (unpaired) electrons. The van der Waals surface area contributed by atoms with E-state index in [9.17, 15) is 14.0 Å². The Balaban J connectivity index is 1.35. The maximum atomic E-state index is 12.9. The van der Waals surface area contributed by atoms with Crippen molar-refractivity contribution in [2.24, 2.45) is 0 Å². The number of nitrogens with one attached hydrogen (secondary N) is 1. The van der Waals surface area contributed by atoms with Crippen molar-refractivity contribution < 1.29 is 18.7 Å². The van der Waals surface area contributed by atoms with Crippen LogP contribution in [0.5, 0.6) is 11.6 Å². The maximum Gasteiger partial charge on any atom is 0.251 e. The van der Waals surface area contributed by atoms with Crippen LogP contribution in [-0.4, -0.2) is 23.3 Å². The normalized spacial score (nSPS) is 12.4. The number of rotatable bonds is 5. The molecule has 2 heterocycles. The van der Waals surface area contributed by atoms with Gasteiger partial charge in [-0.3, -0.25) is 9.59 Å². The summed E-state index contributed by atoms with van der Waals surface area (Å²) in [6, 6.07) is 14.6. The van der Waals surface area contributed by atoms with Gasteiger partial charge in [-0.1, -0.05) is 6.07 Å². The summed E-state index contributed by atoms with van der Waals surface area (Å²) in [7, 11) is 0. The van der Waals surface area contributed by atoms with E-state index in [0.29, 0.717) is 30.3 Å². The van der Waals surface area contributed by atoms with Crippen molar-refractivity contribution in [1.29, 1.82) is 0 Å². The Morgan fingerprint density at radius 2 is 1.93 bits per heavy atom. The second-order valence-corrected chi connectivity index (χ2v) is 7.01. The fraction of sp³-hybridized carbons (Fsp3) is 0.174. The third-order valence-corrected chi connectivity index (χ3v) is 4.90. The number of pyridine rings is 1. The van der Waals surface area contributed by atoms with Gasteiger partial charge in [-0.2, -0.15) is 0 Å². The van der Waals surface area contributed by atoms with Crippen LogP contribution in [0.2, 0.25) is 0 Å². The number of fused-ring (bicyclic) bond motifs is 1. The molecule has 30 heavy (non-hydrogen) atoms. The zero-order valence-electron chi connectivity index (χ0n) is 16.4. The molecule has 0 saturated heterocycles. The first kappa shape index (κ1) is 19.6. The topological polar surface area (TPSA) is 71.5 Å². The fourth-order valence-electron chi connectivity index (χ4n) is 3.35. The van der Waals surface area contributed by atoms with Crippen LogP contribution in [0.1, 0.15) is 28.4 Å². The smallest absolute Gasteiger partial charge is 0.251 e. The van der Waals surface area contributed by atoms with E-state index in [2.05, 4.69) is 10.3 Å². The van der Waals surface area contributed by atoms with E-state index >= 15 is 0 Å². The van der Waals surface area contributed by atoms with Gasteiger partial charge in [0, 0.05) is 43.5 Å². The highest BCUT2D eigenvalue weighted by molar-refractivity contribution is 5.97. The van der Waals surface area contributed by atoms with Crippen molar-refractivity contribution in [3.63, 3.8) is 0 Å². The molecule has 1 aliphatic heterocycles. The molecule has 0 saturated carbocycles. The number of aromatic nitrogens is 1. The predicted octanol–water partition coefficient (Wildman–Crippen LogP) is 3.85.